The van der Waals surface area contributed by atoms with Crippen LogP contribution >= 0.6 is 33.9 Å². The predicted octanol–water partition coefficient (Wildman–Crippen LogP) is 3.95. The summed E-state index contributed by atoms with van der Waals surface area (Å²) in [6.45, 7) is 2.04. The highest BCUT2D eigenvalue weighted by Crippen LogP contribution is 2.28. The largest absolute Gasteiger partial charge is 0.496 e. The summed E-state index contributed by atoms with van der Waals surface area (Å²) in [7, 11) is 1.66. The van der Waals surface area contributed by atoms with Crippen molar-refractivity contribution in [1.29, 1.82) is 0 Å². The molecule has 4 heteroatoms. The van der Waals surface area contributed by atoms with E-state index in [4.69, 9.17) is 4.74 Å². The SMILES string of the molecule is COc1ccc(C)cc1CC(O)c1csc(I)c1. The lowest BCUT2D eigenvalue weighted by molar-refractivity contribution is 0.177. The highest BCUT2D eigenvalue weighted by atomic mass is 127. The van der Waals surface area contributed by atoms with Gasteiger partial charge in [-0.05, 0) is 58.2 Å². The molecule has 1 aromatic heterocycles. The van der Waals surface area contributed by atoms with E-state index >= 15 is 0 Å². The summed E-state index contributed by atoms with van der Waals surface area (Å²) in [6.07, 6.45) is 0.109. The first-order valence-electron chi connectivity index (χ1n) is 5.65. The van der Waals surface area contributed by atoms with Crippen LogP contribution in [0.4, 0.5) is 0 Å². The van der Waals surface area contributed by atoms with Gasteiger partial charge in [-0.1, -0.05) is 17.7 Å². The molecule has 2 aromatic rings. The lowest BCUT2D eigenvalue weighted by Gasteiger charge is -2.13. The lowest BCUT2D eigenvalue weighted by Crippen LogP contribution is -2.02. The molecule has 1 N–H and O–H groups in total. The van der Waals surface area contributed by atoms with Crippen molar-refractivity contribution >= 4 is 33.9 Å². The van der Waals surface area contributed by atoms with Crippen LogP contribution in [0, 0.1) is 9.81 Å². The van der Waals surface area contributed by atoms with Crippen LogP contribution in [0.5, 0.6) is 5.75 Å². The van der Waals surface area contributed by atoms with Crippen molar-refractivity contribution in [3.8, 4) is 5.75 Å². The van der Waals surface area contributed by atoms with E-state index in [2.05, 4.69) is 28.7 Å². The number of thiophene rings is 1. The molecule has 0 aliphatic carbocycles. The van der Waals surface area contributed by atoms with Crippen LogP contribution in [-0.2, 0) is 6.42 Å². The molecule has 2 nitrogen and oxygen atoms in total. The zero-order valence-corrected chi connectivity index (χ0v) is 13.3. The molecule has 0 aliphatic heterocycles. The van der Waals surface area contributed by atoms with Crippen LogP contribution in [0.2, 0.25) is 0 Å². The molecule has 1 atom stereocenters. The molecular formula is C14H15IO2S. The average molecular weight is 374 g/mol. The molecule has 96 valence electrons. The summed E-state index contributed by atoms with van der Waals surface area (Å²) in [4.78, 5) is 0. The van der Waals surface area contributed by atoms with Crippen LogP contribution in [0.3, 0.4) is 0 Å². The van der Waals surface area contributed by atoms with Crippen LogP contribution < -0.4 is 4.74 Å². The van der Waals surface area contributed by atoms with Gasteiger partial charge in [0.05, 0.1) is 16.1 Å². The number of rotatable bonds is 4. The Morgan fingerprint density at radius 2 is 2.17 bits per heavy atom. The van der Waals surface area contributed by atoms with Gasteiger partial charge in [0.1, 0.15) is 5.75 Å². The maximum absolute atomic E-state index is 10.2. The van der Waals surface area contributed by atoms with E-state index in [1.165, 1.54) is 8.45 Å². The van der Waals surface area contributed by atoms with Gasteiger partial charge in [0, 0.05) is 6.42 Å². The fourth-order valence-corrected chi connectivity index (χ4v) is 3.31. The topological polar surface area (TPSA) is 29.5 Å². The number of hydrogen-bond acceptors (Lipinski definition) is 3. The van der Waals surface area contributed by atoms with E-state index < -0.39 is 6.10 Å². The van der Waals surface area contributed by atoms with E-state index in [1.807, 2.05) is 30.5 Å². The molecule has 0 spiro atoms. The van der Waals surface area contributed by atoms with Crippen LogP contribution in [-0.4, -0.2) is 12.2 Å². The molecule has 0 radical (unpaired) electrons. The van der Waals surface area contributed by atoms with Crippen LogP contribution in [0.1, 0.15) is 22.8 Å². The minimum atomic E-state index is -0.472. The quantitative estimate of drug-likeness (QED) is 0.822. The van der Waals surface area contributed by atoms with Crippen molar-refractivity contribution in [2.75, 3.05) is 7.11 Å². The number of hydrogen-bond donors (Lipinski definition) is 1. The summed E-state index contributed by atoms with van der Waals surface area (Å²) in [6, 6.07) is 8.06. The second-order valence-electron chi connectivity index (χ2n) is 4.22. The number of halogens is 1. The monoisotopic (exact) mass is 374 g/mol. The Bertz CT molecular complexity index is 536. The van der Waals surface area contributed by atoms with Gasteiger partial charge >= 0.3 is 0 Å². The second kappa shape index (κ2) is 6.04. The standard InChI is InChI=1S/C14H15IO2S/c1-9-3-4-13(17-2)10(5-9)6-12(16)11-7-14(15)18-8-11/h3-5,7-8,12,16H,6H2,1-2H3. The Morgan fingerprint density at radius 1 is 1.39 bits per heavy atom. The van der Waals surface area contributed by atoms with Crippen molar-refractivity contribution in [1.82, 2.24) is 0 Å². The Labute approximate surface area is 125 Å². The molecule has 18 heavy (non-hydrogen) atoms. The van der Waals surface area contributed by atoms with E-state index in [0.29, 0.717) is 6.42 Å². The summed E-state index contributed by atoms with van der Waals surface area (Å²) >= 11 is 3.92. The molecule has 1 unspecified atom stereocenters. The molecular weight excluding hydrogens is 359 g/mol. The number of aliphatic hydroxyl groups is 1. The first-order valence-corrected chi connectivity index (χ1v) is 7.61. The van der Waals surface area contributed by atoms with Crippen molar-refractivity contribution < 1.29 is 9.84 Å². The third kappa shape index (κ3) is 3.24. The zero-order chi connectivity index (χ0) is 13.1. The van der Waals surface area contributed by atoms with Crippen LogP contribution in [0.25, 0.3) is 0 Å². The molecule has 0 bridgehead atoms. The molecule has 1 aromatic carbocycles. The maximum atomic E-state index is 10.2. The lowest BCUT2D eigenvalue weighted by atomic mass is 10.0. The third-order valence-corrected chi connectivity index (χ3v) is 4.63. The van der Waals surface area contributed by atoms with Gasteiger partial charge in [-0.2, -0.15) is 0 Å². The van der Waals surface area contributed by atoms with Crippen molar-refractivity contribution in [2.45, 2.75) is 19.4 Å². The highest BCUT2D eigenvalue weighted by molar-refractivity contribution is 14.1. The van der Waals surface area contributed by atoms with Gasteiger partial charge in [0.2, 0.25) is 0 Å². The Hall–Kier alpha value is -0.590. The van der Waals surface area contributed by atoms with Crippen molar-refractivity contribution in [3.05, 3.63) is 49.2 Å². The summed E-state index contributed by atoms with van der Waals surface area (Å²) in [5.74, 6) is 0.838. The van der Waals surface area contributed by atoms with E-state index in [-0.39, 0.29) is 0 Å². The zero-order valence-electron chi connectivity index (χ0n) is 10.3. The molecule has 1 heterocycles. The normalized spacial score (nSPS) is 12.4. The number of ether oxygens (including phenoxy) is 1. The summed E-state index contributed by atoms with van der Waals surface area (Å²) in [5, 5.41) is 12.3. The summed E-state index contributed by atoms with van der Waals surface area (Å²) < 4.78 is 6.52. The molecule has 0 amide bonds. The van der Waals surface area contributed by atoms with E-state index in [1.54, 1.807) is 18.4 Å². The minimum absolute atomic E-state index is 0.472. The van der Waals surface area contributed by atoms with Crippen molar-refractivity contribution in [3.63, 3.8) is 0 Å². The molecule has 0 aliphatic rings. The van der Waals surface area contributed by atoms with Crippen LogP contribution in [0.15, 0.2) is 29.6 Å². The first kappa shape index (κ1) is 13.8. The number of aryl methyl sites for hydroxylation is 1. The number of methoxy groups -OCH3 is 1. The Kier molecular flexibility index (Phi) is 4.64. The average Bonchev–Trinajstić information content (AvgIpc) is 2.76. The maximum Gasteiger partial charge on any atom is 0.122 e. The van der Waals surface area contributed by atoms with E-state index in [9.17, 15) is 5.11 Å². The van der Waals surface area contributed by atoms with Crippen molar-refractivity contribution in [2.24, 2.45) is 0 Å². The van der Waals surface area contributed by atoms with Gasteiger partial charge in [-0.3, -0.25) is 0 Å². The van der Waals surface area contributed by atoms with E-state index in [0.717, 1.165) is 16.9 Å². The second-order valence-corrected chi connectivity index (χ2v) is 7.02. The number of aliphatic hydroxyl groups excluding tert-OH is 1. The minimum Gasteiger partial charge on any atom is -0.496 e. The third-order valence-electron chi connectivity index (χ3n) is 2.82. The molecule has 2 rings (SSSR count). The fraction of sp³-hybridized carbons (Fsp3) is 0.286. The van der Waals surface area contributed by atoms with Gasteiger partial charge in [-0.15, -0.1) is 11.3 Å². The van der Waals surface area contributed by atoms with Gasteiger partial charge < -0.3 is 9.84 Å². The number of benzene rings is 1. The van der Waals surface area contributed by atoms with Gasteiger partial charge in [0.25, 0.3) is 0 Å². The summed E-state index contributed by atoms with van der Waals surface area (Å²) in [5.41, 5.74) is 3.21. The Morgan fingerprint density at radius 3 is 2.78 bits per heavy atom. The smallest absolute Gasteiger partial charge is 0.122 e. The fourth-order valence-electron chi connectivity index (χ4n) is 1.89. The van der Waals surface area contributed by atoms with Gasteiger partial charge in [0.15, 0.2) is 0 Å². The molecule has 0 saturated heterocycles. The Balaban J connectivity index is 2.20. The van der Waals surface area contributed by atoms with Gasteiger partial charge in [-0.25, -0.2) is 0 Å². The molecule has 0 fully saturated rings. The first-order chi connectivity index (χ1) is 8.60. The molecule has 0 saturated carbocycles. The highest BCUT2D eigenvalue weighted by Gasteiger charge is 2.13. The predicted molar refractivity (Wildman–Crippen MR) is 83.4 cm³/mol.